The molecule has 2 amide bonds. The number of hydrogen-bond donors (Lipinski definition) is 5. The zero-order valence-corrected chi connectivity index (χ0v) is 25.3. The third-order valence-corrected chi connectivity index (χ3v) is 7.27. The number of ether oxygens (including phenoxy) is 3. The van der Waals surface area contributed by atoms with E-state index in [2.05, 4.69) is 17.2 Å². The summed E-state index contributed by atoms with van der Waals surface area (Å²) in [6.07, 6.45) is 4.11. The molecule has 0 aromatic rings. The summed E-state index contributed by atoms with van der Waals surface area (Å²) in [4.78, 5) is 51.3. The largest absolute Gasteiger partial charge is 0.439 e. The molecule has 0 aromatic heterocycles. The number of ketones is 2. The van der Waals surface area contributed by atoms with Gasteiger partial charge in [0.2, 0.25) is 11.6 Å². The van der Waals surface area contributed by atoms with Gasteiger partial charge in [0.1, 0.15) is 6.10 Å². The lowest BCUT2D eigenvalue weighted by molar-refractivity contribution is -0.120. The number of rotatable bonds is 7. The van der Waals surface area contributed by atoms with Crippen molar-refractivity contribution in [1.29, 1.82) is 0 Å². The third-order valence-electron chi connectivity index (χ3n) is 7.27. The van der Waals surface area contributed by atoms with E-state index in [1.165, 1.54) is 39.4 Å². The smallest absolute Gasteiger partial charge is 0.405 e. The van der Waals surface area contributed by atoms with Crippen LogP contribution in [0.5, 0.6) is 0 Å². The SMILES string of the molecule is C=CCNC1=C2C[C@@H](C)C[C@H](OC)[C@H](O)[C@@H](C)/C=C(\CO)[C@H](OC(N)=O)[C@@H](OC)/C=C/C=C(/C)C(=O)NC(=CC1=O)C2=O. The summed E-state index contributed by atoms with van der Waals surface area (Å²) in [5.74, 6) is -2.43. The fourth-order valence-electron chi connectivity index (χ4n) is 4.95. The normalized spacial score (nSPS) is 31.1. The zero-order valence-electron chi connectivity index (χ0n) is 25.3. The summed E-state index contributed by atoms with van der Waals surface area (Å²) in [6, 6.07) is 0. The maximum Gasteiger partial charge on any atom is 0.405 e. The van der Waals surface area contributed by atoms with Gasteiger partial charge in [-0.15, -0.1) is 6.58 Å². The summed E-state index contributed by atoms with van der Waals surface area (Å²) in [5.41, 5.74) is 5.91. The van der Waals surface area contributed by atoms with Gasteiger partial charge < -0.3 is 40.8 Å². The predicted molar refractivity (Wildman–Crippen MR) is 159 cm³/mol. The highest BCUT2D eigenvalue weighted by Gasteiger charge is 2.33. The number of Topliss-reactive ketones (excluding diaryl/α,β-unsaturated/α-hetero) is 1. The van der Waals surface area contributed by atoms with Crippen LogP contribution in [0.1, 0.15) is 33.6 Å². The summed E-state index contributed by atoms with van der Waals surface area (Å²) >= 11 is 0. The summed E-state index contributed by atoms with van der Waals surface area (Å²) in [6.45, 7) is 8.44. The van der Waals surface area contributed by atoms with Crippen molar-refractivity contribution in [2.24, 2.45) is 17.6 Å². The topological polar surface area (TPSA) is 187 Å². The van der Waals surface area contributed by atoms with E-state index in [0.29, 0.717) is 6.42 Å². The van der Waals surface area contributed by atoms with E-state index in [-0.39, 0.29) is 47.0 Å². The molecule has 0 unspecified atom stereocenters. The first-order chi connectivity index (χ1) is 20.4. The molecule has 0 spiro atoms. The lowest BCUT2D eigenvalue weighted by atomic mass is 9.85. The highest BCUT2D eigenvalue weighted by molar-refractivity contribution is 6.23. The van der Waals surface area contributed by atoms with E-state index in [9.17, 15) is 29.4 Å². The zero-order chi connectivity index (χ0) is 32.3. The Morgan fingerprint density at radius 1 is 1.23 bits per heavy atom. The fraction of sp³-hybridized carbons (Fsp3) is 0.484. The van der Waals surface area contributed by atoms with E-state index >= 15 is 0 Å². The van der Waals surface area contributed by atoms with Gasteiger partial charge in [-0.25, -0.2) is 4.79 Å². The van der Waals surface area contributed by atoms with Crippen molar-refractivity contribution in [3.05, 3.63) is 71.1 Å². The van der Waals surface area contributed by atoms with E-state index in [4.69, 9.17) is 19.9 Å². The van der Waals surface area contributed by atoms with Crippen molar-refractivity contribution in [2.75, 3.05) is 27.4 Å². The monoisotopic (exact) mass is 601 g/mol. The Morgan fingerprint density at radius 2 is 1.93 bits per heavy atom. The Bertz CT molecular complexity index is 1230. The number of carbonyl (C=O) groups is 4. The summed E-state index contributed by atoms with van der Waals surface area (Å²) in [7, 11) is 2.81. The molecule has 236 valence electrons. The average molecular weight is 602 g/mol. The Kier molecular flexibility index (Phi) is 13.7. The van der Waals surface area contributed by atoms with E-state index < -0.39 is 60.5 Å². The minimum atomic E-state index is -1.15. The standard InChI is InChI=1S/C31H43N3O9/c1-7-11-33-26-21-12-17(2)13-25(42-6)27(37)19(4)14-20(16-35)29(43-31(32)40)24(41-5)10-8-9-18(3)30(39)34-22(28(21)38)15-23(26)36/h7-10,14-15,17,19,24-25,27,29,33,35,37H,1,11-13,16H2,2-6H3,(H2,32,40)(H,34,39)/b10-8+,18-9-,20-14+/t17-,19+,24+,25+,27-,29+/m1/s1. The maximum absolute atomic E-state index is 13.6. The molecular weight excluding hydrogens is 558 g/mol. The second-order valence-electron chi connectivity index (χ2n) is 10.6. The molecule has 1 aliphatic heterocycles. The van der Waals surface area contributed by atoms with Gasteiger partial charge in [0.25, 0.3) is 5.91 Å². The second kappa shape index (κ2) is 16.7. The number of primary amides is 1. The number of aliphatic hydroxyl groups is 2. The van der Waals surface area contributed by atoms with Crippen LogP contribution in [0, 0.1) is 11.8 Å². The highest BCUT2D eigenvalue weighted by Crippen LogP contribution is 2.28. The van der Waals surface area contributed by atoms with Gasteiger partial charge in [-0.2, -0.15) is 0 Å². The van der Waals surface area contributed by atoms with Gasteiger partial charge in [0.05, 0.1) is 30.2 Å². The Labute approximate surface area is 252 Å². The number of amides is 2. The molecule has 12 heteroatoms. The lowest BCUT2D eigenvalue weighted by Gasteiger charge is -2.30. The van der Waals surface area contributed by atoms with Crippen molar-refractivity contribution >= 4 is 23.6 Å². The Hall–Kier alpha value is -3.84. The van der Waals surface area contributed by atoms with Crippen LogP contribution in [0.25, 0.3) is 0 Å². The highest BCUT2D eigenvalue weighted by atomic mass is 16.6. The summed E-state index contributed by atoms with van der Waals surface area (Å²) < 4.78 is 16.4. The molecule has 6 N–H and O–H groups in total. The molecular formula is C31H43N3O9. The number of methoxy groups -OCH3 is 2. The molecule has 2 rings (SSSR count). The van der Waals surface area contributed by atoms with Crippen LogP contribution in [-0.4, -0.2) is 85.6 Å². The molecule has 0 aromatic carbocycles. The number of aliphatic hydroxyl groups excluding tert-OH is 2. The van der Waals surface area contributed by atoms with Crippen molar-refractivity contribution in [3.8, 4) is 0 Å². The number of hydrogen-bond acceptors (Lipinski definition) is 10. The van der Waals surface area contributed by atoms with E-state index in [0.717, 1.165) is 6.08 Å². The minimum absolute atomic E-state index is 0.125. The maximum atomic E-state index is 13.6. The fourth-order valence-corrected chi connectivity index (χ4v) is 4.95. The molecule has 43 heavy (non-hydrogen) atoms. The van der Waals surface area contributed by atoms with E-state index in [1.54, 1.807) is 19.1 Å². The molecule has 2 bridgehead atoms. The number of allylic oxidation sites excluding steroid dienone is 4. The third kappa shape index (κ3) is 9.58. The van der Waals surface area contributed by atoms with E-state index in [1.807, 2.05) is 6.92 Å². The number of carbonyl (C=O) groups excluding carboxylic acids is 4. The van der Waals surface area contributed by atoms with Crippen molar-refractivity contribution in [3.63, 3.8) is 0 Å². The predicted octanol–water partition coefficient (Wildman–Crippen LogP) is 1.51. The van der Waals surface area contributed by atoms with Gasteiger partial charge in [-0.05, 0) is 31.3 Å². The molecule has 2 aliphatic rings. The van der Waals surface area contributed by atoms with Crippen LogP contribution in [-0.2, 0) is 28.6 Å². The Morgan fingerprint density at radius 3 is 2.51 bits per heavy atom. The van der Waals surface area contributed by atoms with Crippen molar-refractivity contribution in [1.82, 2.24) is 10.6 Å². The van der Waals surface area contributed by atoms with Gasteiger partial charge in [0.15, 0.2) is 6.10 Å². The van der Waals surface area contributed by atoms with Gasteiger partial charge >= 0.3 is 6.09 Å². The van der Waals surface area contributed by atoms with Crippen LogP contribution >= 0.6 is 0 Å². The molecule has 0 radical (unpaired) electrons. The first kappa shape index (κ1) is 35.4. The van der Waals surface area contributed by atoms with Crippen molar-refractivity contribution < 1.29 is 43.6 Å². The quantitative estimate of drug-likeness (QED) is 0.211. The minimum Gasteiger partial charge on any atom is -0.439 e. The average Bonchev–Trinajstić information content (AvgIpc) is 2.96. The second-order valence-corrected chi connectivity index (χ2v) is 10.6. The van der Waals surface area contributed by atoms with Crippen LogP contribution in [0.3, 0.4) is 0 Å². The first-order valence-corrected chi connectivity index (χ1v) is 13.9. The lowest BCUT2D eigenvalue weighted by Crippen LogP contribution is -2.38. The number of fused-ring (bicyclic) bond motifs is 2. The Balaban J connectivity index is 2.66. The molecule has 12 nitrogen and oxygen atoms in total. The van der Waals surface area contributed by atoms with Gasteiger partial charge in [-0.3, -0.25) is 14.4 Å². The van der Waals surface area contributed by atoms with Crippen LogP contribution in [0.4, 0.5) is 4.79 Å². The van der Waals surface area contributed by atoms with Crippen LogP contribution in [0.2, 0.25) is 0 Å². The van der Waals surface area contributed by atoms with Crippen LogP contribution in [0.15, 0.2) is 71.1 Å². The number of nitrogens with two attached hydrogens (primary N) is 1. The van der Waals surface area contributed by atoms with Crippen LogP contribution < -0.4 is 16.4 Å². The summed E-state index contributed by atoms with van der Waals surface area (Å²) in [5, 5.41) is 26.9. The van der Waals surface area contributed by atoms with Gasteiger partial charge in [-0.1, -0.05) is 44.2 Å². The number of nitrogens with one attached hydrogen (secondary N) is 2. The molecule has 0 fully saturated rings. The molecule has 1 heterocycles. The molecule has 0 saturated carbocycles. The first-order valence-electron chi connectivity index (χ1n) is 13.9. The molecule has 0 saturated heterocycles. The molecule has 6 atom stereocenters. The molecule has 1 aliphatic carbocycles. The van der Waals surface area contributed by atoms with Crippen molar-refractivity contribution in [2.45, 2.75) is 58.0 Å². The van der Waals surface area contributed by atoms with Gasteiger partial charge in [0, 0.05) is 43.9 Å².